The average Bonchev–Trinajstić information content (AvgIpc) is 2.69. The van der Waals surface area contributed by atoms with Crippen LogP contribution in [0.25, 0.3) is 0 Å². The van der Waals surface area contributed by atoms with E-state index in [1.165, 1.54) is 12.1 Å². The number of carboxylic acid groups (broad SMARTS) is 1. The molecule has 1 aromatic rings. The van der Waals surface area contributed by atoms with E-state index in [1.807, 2.05) is 0 Å². The van der Waals surface area contributed by atoms with Gasteiger partial charge in [0.1, 0.15) is 5.75 Å². The predicted molar refractivity (Wildman–Crippen MR) is 53.3 cm³/mol. The summed E-state index contributed by atoms with van der Waals surface area (Å²) in [7, 11) is 0. The van der Waals surface area contributed by atoms with Gasteiger partial charge in [-0.1, -0.05) is 25.0 Å². The number of aromatic hydroxyl groups is 1. The van der Waals surface area contributed by atoms with Crippen LogP contribution in [0.1, 0.15) is 31.2 Å². The Hall–Kier alpha value is -1.51. The van der Waals surface area contributed by atoms with E-state index in [0.717, 1.165) is 18.4 Å². The molecule has 1 N–H and O–H groups in total. The van der Waals surface area contributed by atoms with Gasteiger partial charge in [-0.3, -0.25) is 0 Å². The van der Waals surface area contributed by atoms with Gasteiger partial charge < -0.3 is 15.0 Å². The molecule has 0 spiro atoms. The second kappa shape index (κ2) is 3.57. The summed E-state index contributed by atoms with van der Waals surface area (Å²) in [5.41, 5.74) is -0.0777. The quantitative estimate of drug-likeness (QED) is 0.782. The Bertz CT molecular complexity index is 361. The molecule has 0 heterocycles. The summed E-state index contributed by atoms with van der Waals surface area (Å²) in [6.45, 7) is 0. The number of hydrogen-bond acceptors (Lipinski definition) is 3. The molecule has 80 valence electrons. The van der Waals surface area contributed by atoms with E-state index in [-0.39, 0.29) is 5.75 Å². The standard InChI is InChI=1S/C12H14O3/c13-10-5-3-9(4-6-10)12(11(14)15)7-1-2-8-12/h3-6,13H,1-2,7-8H2,(H,14,15)/p-1. The van der Waals surface area contributed by atoms with Gasteiger partial charge in [0.05, 0.1) is 5.97 Å². The Kier molecular flexibility index (Phi) is 2.39. The number of carbonyl (C=O) groups excluding carboxylic acids is 1. The van der Waals surface area contributed by atoms with Crippen molar-refractivity contribution >= 4 is 5.97 Å². The lowest BCUT2D eigenvalue weighted by Gasteiger charge is -2.30. The van der Waals surface area contributed by atoms with Crippen LogP contribution in [0.2, 0.25) is 0 Å². The molecule has 1 fully saturated rings. The van der Waals surface area contributed by atoms with Gasteiger partial charge >= 0.3 is 0 Å². The molecular formula is C12H13O3-. The van der Waals surface area contributed by atoms with E-state index < -0.39 is 11.4 Å². The molecule has 0 amide bonds. The zero-order valence-electron chi connectivity index (χ0n) is 8.40. The Morgan fingerprint density at radius 1 is 1.20 bits per heavy atom. The van der Waals surface area contributed by atoms with Gasteiger partial charge in [0.15, 0.2) is 0 Å². The van der Waals surface area contributed by atoms with E-state index in [9.17, 15) is 9.90 Å². The normalized spacial score (nSPS) is 18.9. The Labute approximate surface area is 88.4 Å². The van der Waals surface area contributed by atoms with E-state index in [2.05, 4.69) is 0 Å². The number of benzene rings is 1. The first-order valence-electron chi connectivity index (χ1n) is 5.16. The molecule has 15 heavy (non-hydrogen) atoms. The molecule has 0 saturated heterocycles. The van der Waals surface area contributed by atoms with Crippen molar-refractivity contribution in [1.29, 1.82) is 0 Å². The molecule has 0 atom stereocenters. The maximum Gasteiger partial charge on any atom is 0.115 e. The van der Waals surface area contributed by atoms with Gasteiger partial charge in [-0.2, -0.15) is 0 Å². The van der Waals surface area contributed by atoms with E-state index in [1.54, 1.807) is 12.1 Å². The lowest BCUT2D eigenvalue weighted by Crippen LogP contribution is -2.43. The molecule has 1 aliphatic carbocycles. The summed E-state index contributed by atoms with van der Waals surface area (Å²) in [4.78, 5) is 11.2. The monoisotopic (exact) mass is 205 g/mol. The Morgan fingerprint density at radius 2 is 1.73 bits per heavy atom. The molecule has 3 nitrogen and oxygen atoms in total. The number of carboxylic acids is 1. The zero-order chi connectivity index (χ0) is 10.9. The molecule has 1 aliphatic rings. The van der Waals surface area contributed by atoms with Gasteiger partial charge in [0.2, 0.25) is 0 Å². The summed E-state index contributed by atoms with van der Waals surface area (Å²) in [5, 5.41) is 20.4. The predicted octanol–water partition coefficient (Wildman–Crippen LogP) is 0.954. The third-order valence-electron chi connectivity index (χ3n) is 3.27. The van der Waals surface area contributed by atoms with Gasteiger partial charge in [-0.05, 0) is 30.5 Å². The van der Waals surface area contributed by atoms with E-state index >= 15 is 0 Å². The molecule has 0 bridgehead atoms. The van der Waals surface area contributed by atoms with E-state index in [4.69, 9.17) is 5.11 Å². The Balaban J connectivity index is 2.41. The van der Waals surface area contributed by atoms with Crippen molar-refractivity contribution in [2.45, 2.75) is 31.1 Å². The second-order valence-corrected chi connectivity index (χ2v) is 4.12. The van der Waals surface area contributed by atoms with Crippen LogP contribution in [0, 0.1) is 0 Å². The molecule has 3 heteroatoms. The van der Waals surface area contributed by atoms with Gasteiger partial charge in [-0.15, -0.1) is 0 Å². The molecule has 0 aliphatic heterocycles. The lowest BCUT2D eigenvalue weighted by atomic mass is 9.79. The summed E-state index contributed by atoms with van der Waals surface area (Å²) < 4.78 is 0. The third kappa shape index (κ3) is 1.58. The van der Waals surface area contributed by atoms with Crippen LogP contribution in [0.4, 0.5) is 0 Å². The summed E-state index contributed by atoms with van der Waals surface area (Å²) in [6.07, 6.45) is 3.13. The second-order valence-electron chi connectivity index (χ2n) is 4.12. The van der Waals surface area contributed by atoms with Crippen LogP contribution >= 0.6 is 0 Å². The molecule has 1 saturated carbocycles. The van der Waals surface area contributed by atoms with Gasteiger partial charge in [0.25, 0.3) is 0 Å². The third-order valence-corrected chi connectivity index (χ3v) is 3.27. The van der Waals surface area contributed by atoms with E-state index in [0.29, 0.717) is 12.8 Å². The van der Waals surface area contributed by atoms with Crippen LogP contribution in [0.3, 0.4) is 0 Å². The number of aliphatic carboxylic acids is 1. The molecule has 1 aromatic carbocycles. The highest BCUT2D eigenvalue weighted by atomic mass is 16.4. The minimum atomic E-state index is -0.995. The van der Waals surface area contributed by atoms with Crippen molar-refractivity contribution in [1.82, 2.24) is 0 Å². The maximum atomic E-state index is 11.2. The molecule has 2 rings (SSSR count). The van der Waals surface area contributed by atoms with Crippen molar-refractivity contribution in [3.63, 3.8) is 0 Å². The first kappa shape index (κ1) is 10.0. The number of phenolic OH excluding ortho intramolecular Hbond substituents is 1. The fourth-order valence-electron chi connectivity index (χ4n) is 2.37. The van der Waals surface area contributed by atoms with Crippen molar-refractivity contribution in [2.75, 3.05) is 0 Å². The van der Waals surface area contributed by atoms with Crippen LogP contribution < -0.4 is 5.11 Å². The van der Waals surface area contributed by atoms with Crippen LogP contribution in [-0.4, -0.2) is 11.1 Å². The average molecular weight is 205 g/mol. The SMILES string of the molecule is O=C([O-])C1(c2ccc(O)cc2)CCCC1. The smallest absolute Gasteiger partial charge is 0.115 e. The topological polar surface area (TPSA) is 60.4 Å². The number of rotatable bonds is 2. The fourth-order valence-corrected chi connectivity index (χ4v) is 2.37. The largest absolute Gasteiger partial charge is 0.549 e. The number of hydrogen-bond donors (Lipinski definition) is 1. The number of carbonyl (C=O) groups is 1. The summed E-state index contributed by atoms with van der Waals surface area (Å²) in [6, 6.07) is 6.41. The highest BCUT2D eigenvalue weighted by molar-refractivity contribution is 5.80. The first-order valence-corrected chi connectivity index (χ1v) is 5.16. The van der Waals surface area contributed by atoms with Crippen molar-refractivity contribution in [3.05, 3.63) is 29.8 Å². The molecular weight excluding hydrogens is 192 g/mol. The van der Waals surface area contributed by atoms with Crippen molar-refractivity contribution in [3.8, 4) is 5.75 Å². The zero-order valence-corrected chi connectivity index (χ0v) is 8.40. The molecule has 0 radical (unpaired) electrons. The maximum absolute atomic E-state index is 11.2. The highest BCUT2D eigenvalue weighted by Crippen LogP contribution is 2.40. The van der Waals surface area contributed by atoms with Crippen LogP contribution in [0.15, 0.2) is 24.3 Å². The molecule has 0 unspecified atom stereocenters. The fraction of sp³-hybridized carbons (Fsp3) is 0.417. The highest BCUT2D eigenvalue weighted by Gasteiger charge is 2.36. The van der Waals surface area contributed by atoms with Gasteiger partial charge in [0, 0.05) is 5.41 Å². The first-order chi connectivity index (χ1) is 7.15. The summed E-state index contributed by atoms with van der Waals surface area (Å²) in [5.74, 6) is -0.837. The molecule has 0 aromatic heterocycles. The van der Waals surface area contributed by atoms with Crippen LogP contribution in [0.5, 0.6) is 5.75 Å². The number of phenols is 1. The minimum Gasteiger partial charge on any atom is -0.549 e. The Morgan fingerprint density at radius 3 is 2.20 bits per heavy atom. The van der Waals surface area contributed by atoms with Crippen molar-refractivity contribution < 1.29 is 15.0 Å². The van der Waals surface area contributed by atoms with Crippen LogP contribution in [-0.2, 0) is 10.2 Å². The van der Waals surface area contributed by atoms with Crippen molar-refractivity contribution in [2.24, 2.45) is 0 Å². The summed E-state index contributed by atoms with van der Waals surface area (Å²) >= 11 is 0. The lowest BCUT2D eigenvalue weighted by molar-refractivity contribution is -0.313. The minimum absolute atomic E-state index is 0.158. The van der Waals surface area contributed by atoms with Gasteiger partial charge in [-0.25, -0.2) is 0 Å².